The highest BCUT2D eigenvalue weighted by Crippen LogP contribution is 2.32. The van der Waals surface area contributed by atoms with Gasteiger partial charge in [0, 0.05) is 11.6 Å². The van der Waals surface area contributed by atoms with E-state index in [0.717, 1.165) is 0 Å². The van der Waals surface area contributed by atoms with Gasteiger partial charge in [0.2, 0.25) is 0 Å². The summed E-state index contributed by atoms with van der Waals surface area (Å²) in [7, 11) is 1.49. The molecule has 0 fully saturated rings. The molecule has 0 bridgehead atoms. The number of hydrogen-bond acceptors (Lipinski definition) is 3. The van der Waals surface area contributed by atoms with Crippen molar-refractivity contribution in [3.05, 3.63) is 34.2 Å². The summed E-state index contributed by atoms with van der Waals surface area (Å²) in [6, 6.07) is 4.59. The molecule has 1 heterocycles. The molecule has 0 amide bonds. The van der Waals surface area contributed by atoms with E-state index >= 15 is 0 Å². The summed E-state index contributed by atoms with van der Waals surface area (Å²) in [6.45, 7) is 1.75. The molecule has 0 spiro atoms. The van der Waals surface area contributed by atoms with Crippen molar-refractivity contribution >= 4 is 15.9 Å². The first-order chi connectivity index (χ1) is 7.63. The molecule has 0 unspecified atom stereocenters. The number of benzene rings is 1. The highest BCUT2D eigenvalue weighted by Gasteiger charge is 2.16. The van der Waals surface area contributed by atoms with Crippen LogP contribution in [0.3, 0.4) is 0 Å². The Labute approximate surface area is 100 Å². The lowest BCUT2D eigenvalue weighted by atomic mass is 10.1. The molecule has 0 aliphatic carbocycles. The Bertz CT molecular complexity index is 525. The number of hydrogen-bond donors (Lipinski definition) is 0. The maximum absolute atomic E-state index is 13.7. The first-order valence-electron chi connectivity index (χ1n) is 4.59. The fourth-order valence-corrected chi connectivity index (χ4v) is 1.70. The summed E-state index contributed by atoms with van der Waals surface area (Å²) in [5.74, 6) is 0.691. The molecule has 0 atom stereocenters. The Kier molecular flexibility index (Phi) is 2.96. The standard InChI is InChI=1S/C11H9BrFNO2/c1-6-10(12)11(14-16-6)8-4-3-7(15-2)5-9(8)13/h3-5H,1-2H3. The SMILES string of the molecule is COc1ccc(-c2noc(C)c2Br)c(F)c1. The molecule has 1 aromatic heterocycles. The van der Waals surface area contributed by atoms with Crippen LogP contribution in [0.15, 0.2) is 27.2 Å². The Morgan fingerprint density at radius 2 is 2.19 bits per heavy atom. The van der Waals surface area contributed by atoms with E-state index in [4.69, 9.17) is 9.26 Å². The number of aryl methyl sites for hydroxylation is 1. The Morgan fingerprint density at radius 1 is 1.44 bits per heavy atom. The third-order valence-corrected chi connectivity index (χ3v) is 3.16. The van der Waals surface area contributed by atoms with Crippen LogP contribution < -0.4 is 4.74 Å². The van der Waals surface area contributed by atoms with Gasteiger partial charge in [-0.15, -0.1) is 0 Å². The summed E-state index contributed by atoms with van der Waals surface area (Å²) in [5, 5.41) is 3.80. The van der Waals surface area contributed by atoms with E-state index in [9.17, 15) is 4.39 Å². The average molecular weight is 286 g/mol. The van der Waals surface area contributed by atoms with Gasteiger partial charge in [0.15, 0.2) is 0 Å². The van der Waals surface area contributed by atoms with Crippen LogP contribution in [-0.4, -0.2) is 12.3 Å². The van der Waals surface area contributed by atoms with Gasteiger partial charge in [0.1, 0.15) is 23.0 Å². The van der Waals surface area contributed by atoms with Crippen LogP contribution in [0, 0.1) is 12.7 Å². The van der Waals surface area contributed by atoms with E-state index in [2.05, 4.69) is 21.1 Å². The smallest absolute Gasteiger partial charge is 0.148 e. The molecule has 3 nitrogen and oxygen atoms in total. The number of rotatable bonds is 2. The molecule has 84 valence electrons. The molecule has 0 saturated heterocycles. The number of nitrogens with zero attached hydrogens (tertiary/aromatic N) is 1. The molecule has 1 aromatic carbocycles. The first-order valence-corrected chi connectivity index (χ1v) is 5.38. The maximum Gasteiger partial charge on any atom is 0.148 e. The van der Waals surface area contributed by atoms with Crippen molar-refractivity contribution in [1.29, 1.82) is 0 Å². The molecular formula is C11H9BrFNO2. The van der Waals surface area contributed by atoms with E-state index in [0.29, 0.717) is 27.2 Å². The second-order valence-electron chi connectivity index (χ2n) is 3.25. The minimum atomic E-state index is -0.395. The van der Waals surface area contributed by atoms with Crippen LogP contribution in [0.25, 0.3) is 11.3 Å². The van der Waals surface area contributed by atoms with Crippen LogP contribution in [0.5, 0.6) is 5.75 Å². The summed E-state index contributed by atoms with van der Waals surface area (Å²) in [5.41, 5.74) is 0.835. The third-order valence-electron chi connectivity index (χ3n) is 2.22. The average Bonchev–Trinajstić information content (AvgIpc) is 2.60. The molecule has 0 N–H and O–H groups in total. The molecular weight excluding hydrogens is 277 g/mol. The molecule has 16 heavy (non-hydrogen) atoms. The molecule has 0 aliphatic heterocycles. The van der Waals surface area contributed by atoms with Crippen molar-refractivity contribution in [3.63, 3.8) is 0 Å². The van der Waals surface area contributed by atoms with E-state index in [1.54, 1.807) is 19.1 Å². The molecule has 2 aromatic rings. The number of aromatic nitrogens is 1. The Hall–Kier alpha value is -1.36. The number of halogens is 2. The number of ether oxygens (including phenoxy) is 1. The molecule has 0 aliphatic rings. The van der Waals surface area contributed by atoms with Crippen LogP contribution in [0.4, 0.5) is 4.39 Å². The second-order valence-corrected chi connectivity index (χ2v) is 4.04. The van der Waals surface area contributed by atoms with Crippen molar-refractivity contribution in [2.75, 3.05) is 7.11 Å². The topological polar surface area (TPSA) is 35.3 Å². The van der Waals surface area contributed by atoms with Crippen molar-refractivity contribution in [3.8, 4) is 17.0 Å². The van der Waals surface area contributed by atoms with Crippen LogP contribution in [0.2, 0.25) is 0 Å². The normalized spacial score (nSPS) is 10.5. The fourth-order valence-electron chi connectivity index (χ4n) is 1.34. The second kappa shape index (κ2) is 4.25. The largest absolute Gasteiger partial charge is 0.497 e. The van der Waals surface area contributed by atoms with Gasteiger partial charge in [-0.05, 0) is 35.0 Å². The maximum atomic E-state index is 13.7. The molecule has 2 rings (SSSR count). The van der Waals surface area contributed by atoms with Gasteiger partial charge in [0.25, 0.3) is 0 Å². The zero-order valence-electron chi connectivity index (χ0n) is 8.75. The van der Waals surface area contributed by atoms with Crippen LogP contribution in [-0.2, 0) is 0 Å². The van der Waals surface area contributed by atoms with Gasteiger partial charge in [0.05, 0.1) is 11.6 Å². The third kappa shape index (κ3) is 1.82. The fraction of sp³-hybridized carbons (Fsp3) is 0.182. The Morgan fingerprint density at radius 3 is 2.69 bits per heavy atom. The van der Waals surface area contributed by atoms with Crippen molar-refractivity contribution in [2.45, 2.75) is 6.92 Å². The van der Waals surface area contributed by atoms with Gasteiger partial charge in [-0.3, -0.25) is 0 Å². The van der Waals surface area contributed by atoms with Crippen molar-refractivity contribution in [2.24, 2.45) is 0 Å². The van der Waals surface area contributed by atoms with Gasteiger partial charge < -0.3 is 9.26 Å². The number of methoxy groups -OCH3 is 1. The molecule has 0 radical (unpaired) electrons. The van der Waals surface area contributed by atoms with Gasteiger partial charge in [-0.1, -0.05) is 5.16 Å². The van der Waals surface area contributed by atoms with Crippen molar-refractivity contribution < 1.29 is 13.7 Å². The summed E-state index contributed by atoms with van der Waals surface area (Å²) in [4.78, 5) is 0. The minimum Gasteiger partial charge on any atom is -0.497 e. The summed E-state index contributed by atoms with van der Waals surface area (Å²) < 4.78 is 24.3. The van der Waals surface area contributed by atoms with Crippen LogP contribution >= 0.6 is 15.9 Å². The predicted molar refractivity (Wildman–Crippen MR) is 60.9 cm³/mol. The molecule has 5 heteroatoms. The monoisotopic (exact) mass is 285 g/mol. The summed E-state index contributed by atoms with van der Waals surface area (Å²) in [6.07, 6.45) is 0. The summed E-state index contributed by atoms with van der Waals surface area (Å²) >= 11 is 3.30. The lowest BCUT2D eigenvalue weighted by Gasteiger charge is -2.03. The Balaban J connectivity index is 2.52. The molecule has 0 saturated carbocycles. The minimum absolute atomic E-state index is 0.379. The highest BCUT2D eigenvalue weighted by molar-refractivity contribution is 9.10. The van der Waals surface area contributed by atoms with E-state index in [1.807, 2.05) is 0 Å². The lowest BCUT2D eigenvalue weighted by molar-refractivity contribution is 0.398. The van der Waals surface area contributed by atoms with Crippen molar-refractivity contribution in [1.82, 2.24) is 5.16 Å². The highest BCUT2D eigenvalue weighted by atomic mass is 79.9. The quantitative estimate of drug-likeness (QED) is 0.846. The lowest BCUT2D eigenvalue weighted by Crippen LogP contribution is -1.88. The van der Waals surface area contributed by atoms with Gasteiger partial charge in [-0.25, -0.2) is 4.39 Å². The van der Waals surface area contributed by atoms with Crippen LogP contribution in [0.1, 0.15) is 5.76 Å². The van der Waals surface area contributed by atoms with E-state index in [-0.39, 0.29) is 0 Å². The first kappa shape index (κ1) is 11.1. The van der Waals surface area contributed by atoms with Gasteiger partial charge >= 0.3 is 0 Å². The van der Waals surface area contributed by atoms with E-state index in [1.165, 1.54) is 13.2 Å². The van der Waals surface area contributed by atoms with Gasteiger partial charge in [-0.2, -0.15) is 0 Å². The predicted octanol–water partition coefficient (Wildman–Crippen LogP) is 3.56. The van der Waals surface area contributed by atoms with E-state index < -0.39 is 5.82 Å². The zero-order chi connectivity index (χ0) is 11.7. The zero-order valence-corrected chi connectivity index (χ0v) is 10.3.